The van der Waals surface area contributed by atoms with Gasteiger partial charge in [0.15, 0.2) is 5.82 Å². The van der Waals surface area contributed by atoms with Crippen molar-refractivity contribution in [2.75, 3.05) is 4.72 Å². The summed E-state index contributed by atoms with van der Waals surface area (Å²) in [6.07, 6.45) is 0. The number of nitrogens with one attached hydrogen (secondary N) is 1. The number of aromatic nitrogens is 2. The lowest BCUT2D eigenvalue weighted by atomic mass is 10.0. The van der Waals surface area contributed by atoms with Crippen LogP contribution < -0.4 is 4.72 Å². The number of benzene rings is 3. The van der Waals surface area contributed by atoms with Crippen LogP contribution in [-0.2, 0) is 23.2 Å². The van der Waals surface area contributed by atoms with Crippen molar-refractivity contribution in [3.05, 3.63) is 102 Å². The smallest absolute Gasteiger partial charge is 0.263 e. The van der Waals surface area contributed by atoms with E-state index in [1.807, 2.05) is 61.5 Å². The molecule has 0 amide bonds. The second kappa shape index (κ2) is 8.75. The van der Waals surface area contributed by atoms with Crippen molar-refractivity contribution in [2.45, 2.75) is 25.0 Å². The molecule has 0 fully saturated rings. The summed E-state index contributed by atoms with van der Waals surface area (Å²) in [5, 5.41) is 14.7. The van der Waals surface area contributed by atoms with Gasteiger partial charge in [0.05, 0.1) is 29.3 Å². The fraction of sp³-hybridized carbons (Fsp3) is 0.125. The number of aryl methyl sites for hydroxylation is 1. The lowest BCUT2D eigenvalue weighted by Gasteiger charge is -2.09. The molecular weight excluding hydrogens is 410 g/mol. The molecule has 0 radical (unpaired) electrons. The largest absolute Gasteiger partial charge is 0.390 e. The van der Waals surface area contributed by atoms with Crippen LogP contribution in [-0.4, -0.2) is 23.3 Å². The summed E-state index contributed by atoms with van der Waals surface area (Å²) >= 11 is 0. The molecule has 7 heteroatoms. The predicted molar refractivity (Wildman–Crippen MR) is 121 cm³/mol. The molecule has 1 heterocycles. The third-order valence-electron chi connectivity index (χ3n) is 5.01. The van der Waals surface area contributed by atoms with Crippen molar-refractivity contribution in [3.8, 4) is 11.1 Å². The zero-order valence-corrected chi connectivity index (χ0v) is 17.9. The molecule has 31 heavy (non-hydrogen) atoms. The van der Waals surface area contributed by atoms with Gasteiger partial charge in [-0.05, 0) is 30.2 Å². The number of anilines is 1. The van der Waals surface area contributed by atoms with Gasteiger partial charge in [0.25, 0.3) is 10.0 Å². The average molecular weight is 434 g/mol. The predicted octanol–water partition coefficient (Wildman–Crippen LogP) is 4.20. The lowest BCUT2D eigenvalue weighted by Crippen LogP contribution is -2.14. The maximum atomic E-state index is 13.0. The first-order valence-electron chi connectivity index (χ1n) is 9.87. The van der Waals surface area contributed by atoms with Gasteiger partial charge >= 0.3 is 0 Å². The molecular formula is C24H23N3O3S. The summed E-state index contributed by atoms with van der Waals surface area (Å²) in [4.78, 5) is 0.146. The van der Waals surface area contributed by atoms with Gasteiger partial charge in [-0.1, -0.05) is 78.4 Å². The minimum atomic E-state index is -3.84. The van der Waals surface area contributed by atoms with Crippen molar-refractivity contribution < 1.29 is 13.5 Å². The number of hydrogen-bond donors (Lipinski definition) is 2. The Morgan fingerprint density at radius 3 is 2.13 bits per heavy atom. The normalized spacial score (nSPS) is 11.4. The van der Waals surface area contributed by atoms with Gasteiger partial charge in [-0.15, -0.1) is 0 Å². The van der Waals surface area contributed by atoms with Gasteiger partial charge in [0, 0.05) is 0 Å². The Hall–Kier alpha value is -3.42. The van der Waals surface area contributed by atoms with Gasteiger partial charge in [0.1, 0.15) is 0 Å². The molecule has 0 spiro atoms. The minimum Gasteiger partial charge on any atom is -0.390 e. The Kier molecular flexibility index (Phi) is 5.88. The topological polar surface area (TPSA) is 84.2 Å². The van der Waals surface area contributed by atoms with Gasteiger partial charge in [-0.25, -0.2) is 8.42 Å². The monoisotopic (exact) mass is 433 g/mol. The van der Waals surface area contributed by atoms with Crippen LogP contribution in [0.5, 0.6) is 0 Å². The van der Waals surface area contributed by atoms with Crippen LogP contribution in [0.1, 0.15) is 16.8 Å². The fourth-order valence-electron chi connectivity index (χ4n) is 3.43. The molecule has 158 valence electrons. The molecule has 0 aliphatic rings. The molecule has 3 aromatic carbocycles. The molecule has 0 atom stereocenters. The first-order chi connectivity index (χ1) is 15.0. The molecule has 6 nitrogen and oxygen atoms in total. The van der Waals surface area contributed by atoms with E-state index in [-0.39, 0.29) is 17.3 Å². The van der Waals surface area contributed by atoms with Crippen LogP contribution in [0, 0.1) is 6.92 Å². The Balaban J connectivity index is 1.83. The molecule has 0 saturated carbocycles. The molecule has 4 rings (SSSR count). The van der Waals surface area contributed by atoms with E-state index in [1.54, 1.807) is 22.9 Å². The molecule has 0 aliphatic heterocycles. The molecule has 4 aromatic rings. The highest BCUT2D eigenvalue weighted by molar-refractivity contribution is 7.92. The second-order valence-electron chi connectivity index (χ2n) is 7.26. The fourth-order valence-corrected chi connectivity index (χ4v) is 4.46. The van der Waals surface area contributed by atoms with Crippen molar-refractivity contribution in [3.63, 3.8) is 0 Å². The van der Waals surface area contributed by atoms with Crippen molar-refractivity contribution >= 4 is 15.8 Å². The van der Waals surface area contributed by atoms with Crippen LogP contribution >= 0.6 is 0 Å². The van der Waals surface area contributed by atoms with E-state index >= 15 is 0 Å². The van der Waals surface area contributed by atoms with E-state index in [9.17, 15) is 13.5 Å². The Bertz CT molecular complexity index is 1270. The van der Waals surface area contributed by atoms with E-state index < -0.39 is 10.0 Å². The SMILES string of the molecule is Cc1ccc(-c2c(NS(=O)(=O)c3ccccc3)nn(Cc3ccccc3)c2CO)cc1. The zero-order valence-electron chi connectivity index (χ0n) is 17.1. The van der Waals surface area contributed by atoms with E-state index in [4.69, 9.17) is 0 Å². The molecule has 0 bridgehead atoms. The standard InChI is InChI=1S/C24H23N3O3S/c1-18-12-14-20(15-13-18)23-22(17-28)27(16-19-8-4-2-5-9-19)25-24(23)26-31(29,30)21-10-6-3-7-11-21/h2-15,28H,16-17H2,1H3,(H,25,26). The van der Waals surface area contributed by atoms with Crippen molar-refractivity contribution in [1.82, 2.24) is 9.78 Å². The Morgan fingerprint density at radius 2 is 1.52 bits per heavy atom. The maximum Gasteiger partial charge on any atom is 0.263 e. The summed E-state index contributed by atoms with van der Waals surface area (Å²) in [6.45, 7) is 2.10. The summed E-state index contributed by atoms with van der Waals surface area (Å²) in [7, 11) is -3.84. The quantitative estimate of drug-likeness (QED) is 0.458. The summed E-state index contributed by atoms with van der Waals surface area (Å²) in [5.74, 6) is 0.188. The summed E-state index contributed by atoms with van der Waals surface area (Å²) < 4.78 is 30.2. The zero-order chi connectivity index (χ0) is 21.8. The van der Waals surface area contributed by atoms with Crippen LogP contribution in [0.2, 0.25) is 0 Å². The van der Waals surface area contributed by atoms with E-state index in [0.29, 0.717) is 17.8 Å². The third kappa shape index (κ3) is 4.52. The first-order valence-corrected chi connectivity index (χ1v) is 11.4. The van der Waals surface area contributed by atoms with E-state index in [0.717, 1.165) is 16.7 Å². The van der Waals surface area contributed by atoms with Crippen LogP contribution in [0.3, 0.4) is 0 Å². The molecule has 2 N–H and O–H groups in total. The highest BCUT2D eigenvalue weighted by Gasteiger charge is 2.24. The summed E-state index contributed by atoms with van der Waals surface area (Å²) in [6, 6.07) is 25.6. The van der Waals surface area contributed by atoms with E-state index in [1.165, 1.54) is 12.1 Å². The number of aliphatic hydroxyl groups excluding tert-OH is 1. The number of hydrogen-bond acceptors (Lipinski definition) is 4. The highest BCUT2D eigenvalue weighted by Crippen LogP contribution is 2.33. The Morgan fingerprint density at radius 1 is 0.903 bits per heavy atom. The van der Waals surface area contributed by atoms with Crippen LogP contribution in [0.4, 0.5) is 5.82 Å². The number of rotatable bonds is 7. The van der Waals surface area contributed by atoms with Gasteiger partial charge in [-0.2, -0.15) is 5.10 Å². The maximum absolute atomic E-state index is 13.0. The van der Waals surface area contributed by atoms with Gasteiger partial charge in [-0.3, -0.25) is 9.40 Å². The summed E-state index contributed by atoms with van der Waals surface area (Å²) in [5.41, 5.74) is 3.96. The molecule has 0 saturated heterocycles. The number of sulfonamides is 1. The average Bonchev–Trinajstić information content (AvgIpc) is 3.11. The minimum absolute atomic E-state index is 0.146. The van der Waals surface area contributed by atoms with Gasteiger partial charge < -0.3 is 5.11 Å². The van der Waals surface area contributed by atoms with Crippen LogP contribution in [0.25, 0.3) is 11.1 Å². The van der Waals surface area contributed by atoms with Gasteiger partial charge in [0.2, 0.25) is 0 Å². The second-order valence-corrected chi connectivity index (χ2v) is 8.94. The highest BCUT2D eigenvalue weighted by atomic mass is 32.2. The van der Waals surface area contributed by atoms with Crippen LogP contribution in [0.15, 0.2) is 89.8 Å². The Labute approximate surface area is 181 Å². The number of nitrogens with zero attached hydrogens (tertiary/aromatic N) is 2. The first kappa shape index (κ1) is 20.8. The molecule has 0 aliphatic carbocycles. The molecule has 1 aromatic heterocycles. The number of aliphatic hydroxyl groups is 1. The lowest BCUT2D eigenvalue weighted by molar-refractivity contribution is 0.269. The third-order valence-corrected chi connectivity index (χ3v) is 6.36. The molecule has 0 unspecified atom stereocenters. The van der Waals surface area contributed by atoms with Crippen molar-refractivity contribution in [2.24, 2.45) is 0 Å². The van der Waals surface area contributed by atoms with E-state index in [2.05, 4.69) is 9.82 Å². The van der Waals surface area contributed by atoms with Crippen molar-refractivity contribution in [1.29, 1.82) is 0 Å².